The molecule has 0 radical (unpaired) electrons. The lowest BCUT2D eigenvalue weighted by molar-refractivity contribution is -0.140. The molecule has 0 bridgehead atoms. The molecule has 0 saturated carbocycles. The van der Waals surface area contributed by atoms with E-state index >= 15 is 0 Å². The normalized spacial score (nSPS) is 11.9. The number of nitrogens with one attached hydrogen (secondary N) is 1. The van der Waals surface area contributed by atoms with Gasteiger partial charge in [0.1, 0.15) is 18.3 Å². The van der Waals surface area contributed by atoms with Gasteiger partial charge in [0.05, 0.1) is 22.7 Å². The first-order valence-corrected chi connectivity index (χ1v) is 15.0. The number of ether oxygens (including phenoxy) is 1. The van der Waals surface area contributed by atoms with Crippen LogP contribution in [0.3, 0.4) is 0 Å². The number of benzene rings is 3. The maximum Gasteiger partial charge on any atom is 0.264 e. The highest BCUT2D eigenvalue weighted by molar-refractivity contribution is 7.92. The lowest BCUT2D eigenvalue weighted by atomic mass is 10.1. The number of hydrogen-bond acceptors (Lipinski definition) is 5. The number of halogens is 3. The van der Waals surface area contributed by atoms with Crippen LogP contribution in [0.25, 0.3) is 0 Å². The van der Waals surface area contributed by atoms with Crippen LogP contribution in [-0.2, 0) is 26.2 Å². The van der Waals surface area contributed by atoms with E-state index in [0.29, 0.717) is 27.9 Å². The molecule has 3 aromatic rings. The van der Waals surface area contributed by atoms with Gasteiger partial charge in [0, 0.05) is 23.1 Å². The Morgan fingerprint density at radius 3 is 2.23 bits per heavy atom. The molecule has 0 heterocycles. The summed E-state index contributed by atoms with van der Waals surface area (Å²) in [5.74, 6) is -0.640. The van der Waals surface area contributed by atoms with Gasteiger partial charge in [-0.25, -0.2) is 8.42 Å². The molecule has 3 aromatic carbocycles. The van der Waals surface area contributed by atoms with Crippen LogP contribution in [-0.4, -0.2) is 51.4 Å². The van der Waals surface area contributed by atoms with E-state index in [1.165, 1.54) is 42.3 Å². The van der Waals surface area contributed by atoms with Crippen LogP contribution in [0.4, 0.5) is 5.69 Å². The molecule has 0 aliphatic carbocycles. The van der Waals surface area contributed by atoms with E-state index < -0.39 is 28.5 Å². The van der Waals surface area contributed by atoms with Crippen molar-refractivity contribution in [3.05, 3.63) is 87.4 Å². The van der Waals surface area contributed by atoms with Crippen LogP contribution in [0, 0.1) is 0 Å². The number of hydrogen-bond donors (Lipinski definition) is 1. The van der Waals surface area contributed by atoms with Crippen molar-refractivity contribution in [2.75, 3.05) is 24.5 Å². The molecule has 0 aliphatic rings. The predicted molar refractivity (Wildman–Crippen MR) is 159 cm³/mol. The zero-order valence-electron chi connectivity index (χ0n) is 22.2. The van der Waals surface area contributed by atoms with Gasteiger partial charge in [0.25, 0.3) is 10.0 Å². The lowest BCUT2D eigenvalue weighted by Gasteiger charge is -2.33. The van der Waals surface area contributed by atoms with Gasteiger partial charge in [0.15, 0.2) is 0 Å². The summed E-state index contributed by atoms with van der Waals surface area (Å²) in [6.07, 6.45) is 0.280. The van der Waals surface area contributed by atoms with E-state index in [4.69, 9.17) is 39.5 Å². The Balaban J connectivity index is 2.10. The molecule has 0 spiro atoms. The van der Waals surface area contributed by atoms with Crippen molar-refractivity contribution in [2.24, 2.45) is 0 Å². The molecule has 1 atom stereocenters. The summed E-state index contributed by atoms with van der Waals surface area (Å²) in [6.45, 7) is 3.24. The van der Waals surface area contributed by atoms with Gasteiger partial charge < -0.3 is 15.0 Å². The number of sulfonamides is 1. The molecular formula is C28H30Cl3N3O5S. The largest absolute Gasteiger partial charge is 0.495 e. The zero-order chi connectivity index (χ0) is 29.4. The lowest BCUT2D eigenvalue weighted by Crippen LogP contribution is -2.52. The minimum absolute atomic E-state index is 0.0159. The first-order valence-electron chi connectivity index (χ1n) is 12.5. The Kier molecular flexibility index (Phi) is 11.1. The van der Waals surface area contributed by atoms with E-state index in [-0.39, 0.29) is 34.5 Å². The van der Waals surface area contributed by atoms with Crippen molar-refractivity contribution < 1.29 is 22.7 Å². The summed E-state index contributed by atoms with van der Waals surface area (Å²) in [6, 6.07) is 16.1. The molecule has 1 unspecified atom stereocenters. The van der Waals surface area contributed by atoms with Gasteiger partial charge in [-0.05, 0) is 61.4 Å². The van der Waals surface area contributed by atoms with Crippen molar-refractivity contribution in [2.45, 2.75) is 37.8 Å². The third-order valence-corrected chi connectivity index (χ3v) is 8.80. The summed E-state index contributed by atoms with van der Waals surface area (Å²) < 4.78 is 33.9. The van der Waals surface area contributed by atoms with E-state index in [0.717, 1.165) is 4.31 Å². The Hall–Kier alpha value is -2.98. The fraction of sp³-hybridized carbons (Fsp3) is 0.286. The fourth-order valence-corrected chi connectivity index (χ4v) is 6.25. The molecule has 3 rings (SSSR count). The molecule has 1 N–H and O–H groups in total. The van der Waals surface area contributed by atoms with Crippen LogP contribution in [0.1, 0.15) is 25.8 Å². The predicted octanol–water partition coefficient (Wildman–Crippen LogP) is 5.79. The van der Waals surface area contributed by atoms with Gasteiger partial charge in [-0.3, -0.25) is 13.9 Å². The minimum atomic E-state index is -4.23. The second kappa shape index (κ2) is 14.1. The number of anilines is 1. The highest BCUT2D eigenvalue weighted by atomic mass is 35.5. The number of carbonyl (C=O) groups excluding carboxylic acids is 2. The third-order valence-electron chi connectivity index (χ3n) is 6.13. The SMILES string of the molecule is CCNC(=O)C(CC)N(Cc1ccc(Cl)cc1Cl)C(=O)CN(c1ccc(OC)c(Cl)c1)S(=O)(=O)c1ccccc1. The van der Waals surface area contributed by atoms with Crippen LogP contribution < -0.4 is 14.4 Å². The van der Waals surface area contributed by atoms with E-state index in [1.54, 1.807) is 50.2 Å². The number of carbonyl (C=O) groups is 2. The summed E-state index contributed by atoms with van der Waals surface area (Å²) in [4.78, 5) is 28.4. The summed E-state index contributed by atoms with van der Waals surface area (Å²) in [7, 11) is -2.79. The summed E-state index contributed by atoms with van der Waals surface area (Å²) in [5, 5.41) is 3.65. The third kappa shape index (κ3) is 7.40. The Morgan fingerprint density at radius 2 is 1.65 bits per heavy atom. The monoisotopic (exact) mass is 625 g/mol. The number of methoxy groups -OCH3 is 1. The van der Waals surface area contributed by atoms with Crippen LogP contribution in [0.2, 0.25) is 15.1 Å². The first kappa shape index (κ1) is 31.5. The number of rotatable bonds is 12. The smallest absolute Gasteiger partial charge is 0.264 e. The Labute approximate surface area is 249 Å². The topological polar surface area (TPSA) is 96.0 Å². The molecule has 0 saturated heterocycles. The van der Waals surface area contributed by atoms with Gasteiger partial charge in [-0.15, -0.1) is 0 Å². The molecular weight excluding hydrogens is 597 g/mol. The minimum Gasteiger partial charge on any atom is -0.495 e. The number of amides is 2. The van der Waals surface area contributed by atoms with E-state index in [9.17, 15) is 18.0 Å². The van der Waals surface area contributed by atoms with Crippen molar-refractivity contribution in [3.63, 3.8) is 0 Å². The molecule has 0 fully saturated rings. The zero-order valence-corrected chi connectivity index (χ0v) is 25.3. The van der Waals surface area contributed by atoms with E-state index in [2.05, 4.69) is 5.32 Å². The molecule has 2 amide bonds. The molecule has 8 nitrogen and oxygen atoms in total. The summed E-state index contributed by atoms with van der Waals surface area (Å²) in [5.41, 5.74) is 0.700. The highest BCUT2D eigenvalue weighted by Crippen LogP contribution is 2.32. The Morgan fingerprint density at radius 1 is 0.950 bits per heavy atom. The maximum atomic E-state index is 14.0. The highest BCUT2D eigenvalue weighted by Gasteiger charge is 2.34. The van der Waals surface area contributed by atoms with Gasteiger partial charge >= 0.3 is 0 Å². The maximum absolute atomic E-state index is 14.0. The molecule has 0 aliphatic heterocycles. The average Bonchev–Trinajstić information content (AvgIpc) is 2.93. The molecule has 0 aromatic heterocycles. The van der Waals surface area contributed by atoms with Crippen LogP contribution in [0.15, 0.2) is 71.6 Å². The second-order valence-electron chi connectivity index (χ2n) is 8.72. The van der Waals surface area contributed by atoms with Crippen LogP contribution in [0.5, 0.6) is 5.75 Å². The number of nitrogens with zero attached hydrogens (tertiary/aromatic N) is 2. The van der Waals surface area contributed by atoms with Gasteiger partial charge in [-0.1, -0.05) is 66.0 Å². The first-order chi connectivity index (χ1) is 19.0. The van der Waals surface area contributed by atoms with E-state index in [1.807, 2.05) is 0 Å². The molecule has 12 heteroatoms. The van der Waals surface area contributed by atoms with Crippen molar-refractivity contribution >= 4 is 62.3 Å². The molecule has 214 valence electrons. The standard InChI is InChI=1S/C28H30Cl3N3O5S/c1-4-25(28(36)32-5-2)33(17-19-11-12-20(29)15-23(19)30)27(35)18-34(21-13-14-26(39-3)24(31)16-21)40(37,38)22-9-7-6-8-10-22/h6-16,25H,4-5,17-18H2,1-3H3,(H,32,36). The Bertz CT molecular complexity index is 1450. The van der Waals surface area contributed by atoms with Crippen molar-refractivity contribution in [1.29, 1.82) is 0 Å². The fourth-order valence-electron chi connectivity index (χ4n) is 4.10. The quantitative estimate of drug-likeness (QED) is 0.274. The second-order valence-corrected chi connectivity index (χ2v) is 11.8. The number of likely N-dealkylation sites (N-methyl/N-ethyl adjacent to an activating group) is 1. The van der Waals surface area contributed by atoms with Crippen molar-refractivity contribution in [3.8, 4) is 5.75 Å². The van der Waals surface area contributed by atoms with Crippen molar-refractivity contribution in [1.82, 2.24) is 10.2 Å². The van der Waals surface area contributed by atoms with Gasteiger partial charge in [-0.2, -0.15) is 0 Å². The average molecular weight is 627 g/mol. The molecule has 40 heavy (non-hydrogen) atoms. The summed E-state index contributed by atoms with van der Waals surface area (Å²) >= 11 is 18.8. The van der Waals surface area contributed by atoms with Gasteiger partial charge in [0.2, 0.25) is 11.8 Å². The van der Waals surface area contributed by atoms with Crippen LogP contribution >= 0.6 is 34.8 Å².